The minimum Gasteiger partial charge on any atom is -0.365 e. The molecule has 1 aromatic rings. The zero-order valence-corrected chi connectivity index (χ0v) is 10.6. The molecule has 1 heterocycles. The number of nitrogens with zero attached hydrogens (tertiary/aromatic N) is 2. The molecular weight excluding hydrogens is 246 g/mol. The van der Waals surface area contributed by atoms with Crippen LogP contribution in [0.25, 0.3) is 0 Å². The van der Waals surface area contributed by atoms with E-state index >= 15 is 0 Å². The maximum Gasteiger partial charge on any atom is 0.262 e. The summed E-state index contributed by atoms with van der Waals surface area (Å²) in [5.74, 6) is -0.705. The predicted molar refractivity (Wildman–Crippen MR) is 72.1 cm³/mol. The molecule has 0 bridgehead atoms. The SMILES string of the molecule is CC1=CS/C(=C(/C#N)C(N)=O)N1c1ccccc1. The van der Waals surface area contributed by atoms with E-state index < -0.39 is 5.91 Å². The normalized spacial score (nSPS) is 17.1. The summed E-state index contributed by atoms with van der Waals surface area (Å²) in [5, 5.41) is 11.5. The van der Waals surface area contributed by atoms with Gasteiger partial charge in [-0.25, -0.2) is 0 Å². The second kappa shape index (κ2) is 4.98. The van der Waals surface area contributed by atoms with Gasteiger partial charge in [0.1, 0.15) is 16.7 Å². The van der Waals surface area contributed by atoms with Gasteiger partial charge in [-0.3, -0.25) is 4.79 Å². The third-order valence-corrected chi connectivity index (χ3v) is 3.55. The summed E-state index contributed by atoms with van der Waals surface area (Å²) in [6.07, 6.45) is 0. The number of primary amides is 1. The fraction of sp³-hybridized carbons (Fsp3) is 0.0769. The van der Waals surface area contributed by atoms with Crippen molar-refractivity contribution in [2.75, 3.05) is 4.90 Å². The number of amides is 1. The molecule has 2 rings (SSSR count). The van der Waals surface area contributed by atoms with Crippen molar-refractivity contribution < 1.29 is 4.79 Å². The number of carbonyl (C=O) groups is 1. The molecule has 0 aliphatic carbocycles. The van der Waals surface area contributed by atoms with Crippen LogP contribution in [0.2, 0.25) is 0 Å². The van der Waals surface area contributed by atoms with E-state index in [1.165, 1.54) is 11.8 Å². The molecule has 0 saturated heterocycles. The van der Waals surface area contributed by atoms with Crippen molar-refractivity contribution in [3.05, 3.63) is 52.0 Å². The average molecular weight is 257 g/mol. The fourth-order valence-corrected chi connectivity index (χ4v) is 2.69. The van der Waals surface area contributed by atoms with Gasteiger partial charge in [0.15, 0.2) is 0 Å². The molecule has 1 aromatic carbocycles. The van der Waals surface area contributed by atoms with Crippen molar-refractivity contribution in [2.45, 2.75) is 6.92 Å². The lowest BCUT2D eigenvalue weighted by molar-refractivity contribution is -0.114. The number of carbonyl (C=O) groups excluding carboxylic acids is 1. The van der Waals surface area contributed by atoms with Crippen LogP contribution in [-0.2, 0) is 4.79 Å². The van der Waals surface area contributed by atoms with E-state index in [1.807, 2.05) is 53.6 Å². The van der Waals surface area contributed by atoms with Gasteiger partial charge in [0.25, 0.3) is 5.91 Å². The molecule has 0 saturated carbocycles. The Morgan fingerprint density at radius 2 is 2.06 bits per heavy atom. The molecule has 0 spiro atoms. The molecule has 0 radical (unpaired) electrons. The first-order chi connectivity index (χ1) is 8.65. The lowest BCUT2D eigenvalue weighted by atomic mass is 10.2. The zero-order chi connectivity index (χ0) is 13.1. The van der Waals surface area contributed by atoms with Crippen LogP contribution in [-0.4, -0.2) is 5.91 Å². The standard InChI is InChI=1S/C13H11N3OS/c1-9-8-18-13(11(7-14)12(15)17)16(9)10-5-3-2-4-6-10/h2-6,8H,1H3,(H2,15,17)/b13-11-. The van der Waals surface area contributed by atoms with Crippen LogP contribution >= 0.6 is 11.8 Å². The van der Waals surface area contributed by atoms with Crippen LogP contribution in [0.5, 0.6) is 0 Å². The van der Waals surface area contributed by atoms with Crippen molar-refractivity contribution in [3.8, 4) is 6.07 Å². The van der Waals surface area contributed by atoms with Gasteiger partial charge in [0.05, 0.1) is 0 Å². The summed E-state index contributed by atoms with van der Waals surface area (Å²) < 4.78 is 0. The Bertz CT molecular complexity index is 584. The highest BCUT2D eigenvalue weighted by Gasteiger charge is 2.25. The van der Waals surface area contributed by atoms with Gasteiger partial charge in [0, 0.05) is 11.4 Å². The van der Waals surface area contributed by atoms with E-state index in [-0.39, 0.29) is 5.57 Å². The fourth-order valence-electron chi connectivity index (χ4n) is 1.68. The molecular formula is C13H11N3OS. The first-order valence-electron chi connectivity index (χ1n) is 5.28. The minimum absolute atomic E-state index is 0.0167. The lowest BCUT2D eigenvalue weighted by Crippen LogP contribution is -2.21. The third kappa shape index (κ3) is 2.11. The van der Waals surface area contributed by atoms with Gasteiger partial charge >= 0.3 is 0 Å². The highest BCUT2D eigenvalue weighted by atomic mass is 32.2. The summed E-state index contributed by atoms with van der Waals surface area (Å²) in [6.45, 7) is 1.92. The second-order valence-electron chi connectivity index (χ2n) is 3.70. The van der Waals surface area contributed by atoms with Gasteiger partial charge in [-0.2, -0.15) is 5.26 Å². The summed E-state index contributed by atoms with van der Waals surface area (Å²) in [4.78, 5) is 13.1. The maximum atomic E-state index is 11.3. The molecule has 1 aliphatic heterocycles. The van der Waals surface area contributed by atoms with Crippen LogP contribution in [0.3, 0.4) is 0 Å². The summed E-state index contributed by atoms with van der Waals surface area (Å²) >= 11 is 1.33. The van der Waals surface area contributed by atoms with E-state index in [9.17, 15) is 4.79 Å². The molecule has 18 heavy (non-hydrogen) atoms. The highest BCUT2D eigenvalue weighted by molar-refractivity contribution is 8.06. The molecule has 5 heteroatoms. The number of hydrogen-bond acceptors (Lipinski definition) is 4. The highest BCUT2D eigenvalue weighted by Crippen LogP contribution is 2.39. The van der Waals surface area contributed by atoms with Gasteiger partial charge < -0.3 is 10.6 Å². The third-order valence-electron chi connectivity index (χ3n) is 2.48. The van der Waals surface area contributed by atoms with E-state index in [0.717, 1.165) is 11.4 Å². The summed E-state index contributed by atoms with van der Waals surface area (Å²) in [5.41, 5.74) is 7.07. The van der Waals surface area contributed by atoms with Crippen molar-refractivity contribution >= 4 is 23.4 Å². The molecule has 0 fully saturated rings. The number of rotatable bonds is 2. The number of para-hydroxylation sites is 1. The smallest absolute Gasteiger partial charge is 0.262 e. The van der Waals surface area contributed by atoms with Crippen LogP contribution in [0.15, 0.2) is 52.0 Å². The van der Waals surface area contributed by atoms with Gasteiger partial charge in [-0.05, 0) is 24.5 Å². The quantitative estimate of drug-likeness (QED) is 0.652. The Morgan fingerprint density at radius 1 is 1.39 bits per heavy atom. The van der Waals surface area contributed by atoms with E-state index in [4.69, 9.17) is 11.0 Å². The monoisotopic (exact) mass is 257 g/mol. The second-order valence-corrected chi connectivity index (χ2v) is 4.56. The van der Waals surface area contributed by atoms with Crippen molar-refractivity contribution in [1.29, 1.82) is 5.26 Å². The van der Waals surface area contributed by atoms with Crippen molar-refractivity contribution in [2.24, 2.45) is 5.73 Å². The lowest BCUT2D eigenvalue weighted by Gasteiger charge is -2.22. The summed E-state index contributed by atoms with van der Waals surface area (Å²) in [6, 6.07) is 11.4. The molecule has 1 aliphatic rings. The van der Waals surface area contributed by atoms with Crippen LogP contribution in [0, 0.1) is 11.3 Å². The first kappa shape index (κ1) is 12.3. The number of thioether (sulfide) groups is 1. The Morgan fingerprint density at radius 3 is 2.61 bits per heavy atom. The Hall–Kier alpha value is -2.19. The number of benzene rings is 1. The first-order valence-corrected chi connectivity index (χ1v) is 6.16. The molecule has 0 atom stereocenters. The minimum atomic E-state index is -0.705. The van der Waals surface area contributed by atoms with E-state index in [1.54, 1.807) is 0 Å². The maximum absolute atomic E-state index is 11.3. The van der Waals surface area contributed by atoms with Gasteiger partial charge in [0.2, 0.25) is 0 Å². The van der Waals surface area contributed by atoms with Crippen LogP contribution < -0.4 is 10.6 Å². The van der Waals surface area contributed by atoms with Crippen LogP contribution in [0.1, 0.15) is 6.92 Å². The Labute approximate surface area is 109 Å². The molecule has 0 aromatic heterocycles. The molecule has 4 nitrogen and oxygen atoms in total. The average Bonchev–Trinajstić information content (AvgIpc) is 2.73. The van der Waals surface area contributed by atoms with E-state index in [0.29, 0.717) is 5.03 Å². The molecule has 2 N–H and O–H groups in total. The number of nitriles is 1. The molecule has 1 amide bonds. The summed E-state index contributed by atoms with van der Waals surface area (Å²) in [7, 11) is 0. The number of allylic oxidation sites excluding steroid dienone is 1. The van der Waals surface area contributed by atoms with Gasteiger partial charge in [-0.1, -0.05) is 30.0 Å². The largest absolute Gasteiger partial charge is 0.365 e. The number of hydrogen-bond donors (Lipinski definition) is 1. The van der Waals surface area contributed by atoms with Crippen LogP contribution in [0.4, 0.5) is 5.69 Å². The van der Waals surface area contributed by atoms with Crippen molar-refractivity contribution in [1.82, 2.24) is 0 Å². The Kier molecular flexibility index (Phi) is 3.40. The van der Waals surface area contributed by atoms with E-state index in [2.05, 4.69) is 0 Å². The molecule has 0 unspecified atom stereocenters. The van der Waals surface area contributed by atoms with Crippen molar-refractivity contribution in [3.63, 3.8) is 0 Å². The zero-order valence-electron chi connectivity index (χ0n) is 9.75. The molecule has 90 valence electrons. The van der Waals surface area contributed by atoms with Gasteiger partial charge in [-0.15, -0.1) is 0 Å². The predicted octanol–water partition coefficient (Wildman–Crippen LogP) is 2.32. The Balaban J connectivity index is 2.53. The number of anilines is 1. The number of nitrogens with two attached hydrogens (primary N) is 1. The topological polar surface area (TPSA) is 70.1 Å².